The van der Waals surface area contributed by atoms with E-state index in [0.717, 1.165) is 19.3 Å². The van der Waals surface area contributed by atoms with Gasteiger partial charge in [0.05, 0.1) is 6.20 Å². The molecule has 0 saturated heterocycles. The SMILES string of the molecule is O=C(c1cnccn1)C1(O)CCCCC1. The number of rotatable bonds is 2. The number of Topliss-reactive ketones (excluding diaryl/α,β-unsaturated/α-hetero) is 1. The van der Waals surface area contributed by atoms with Crippen molar-refractivity contribution in [2.75, 3.05) is 0 Å². The van der Waals surface area contributed by atoms with Gasteiger partial charge in [0.2, 0.25) is 5.78 Å². The van der Waals surface area contributed by atoms with Gasteiger partial charge in [0, 0.05) is 12.4 Å². The highest BCUT2D eigenvalue weighted by Crippen LogP contribution is 2.30. The predicted octanol–water partition coefficient (Wildman–Crippen LogP) is 1.35. The molecule has 1 saturated carbocycles. The number of aromatic nitrogens is 2. The van der Waals surface area contributed by atoms with Crippen molar-refractivity contribution in [3.05, 3.63) is 24.3 Å². The van der Waals surface area contributed by atoms with E-state index in [9.17, 15) is 9.90 Å². The summed E-state index contributed by atoms with van der Waals surface area (Å²) in [6.07, 6.45) is 8.39. The molecule has 0 radical (unpaired) electrons. The third-order valence-electron chi connectivity index (χ3n) is 2.90. The molecule has 1 N–H and O–H groups in total. The van der Waals surface area contributed by atoms with E-state index in [1.165, 1.54) is 18.6 Å². The average molecular weight is 206 g/mol. The molecule has 2 rings (SSSR count). The van der Waals surface area contributed by atoms with E-state index in [1.54, 1.807) is 0 Å². The fourth-order valence-corrected chi connectivity index (χ4v) is 2.02. The number of hydrogen-bond acceptors (Lipinski definition) is 4. The van der Waals surface area contributed by atoms with Crippen LogP contribution in [0.3, 0.4) is 0 Å². The number of carbonyl (C=O) groups excluding carboxylic acids is 1. The molecule has 0 aromatic carbocycles. The fourth-order valence-electron chi connectivity index (χ4n) is 2.02. The molecule has 1 fully saturated rings. The van der Waals surface area contributed by atoms with E-state index in [0.29, 0.717) is 12.8 Å². The van der Waals surface area contributed by atoms with Gasteiger partial charge in [-0.15, -0.1) is 0 Å². The Morgan fingerprint density at radius 3 is 2.60 bits per heavy atom. The minimum Gasteiger partial charge on any atom is -0.382 e. The van der Waals surface area contributed by atoms with Crippen molar-refractivity contribution in [3.8, 4) is 0 Å². The normalized spacial score (nSPS) is 19.8. The summed E-state index contributed by atoms with van der Waals surface area (Å²) in [5.74, 6) is -0.282. The summed E-state index contributed by atoms with van der Waals surface area (Å²) < 4.78 is 0. The second kappa shape index (κ2) is 4.06. The highest BCUT2D eigenvalue weighted by atomic mass is 16.3. The van der Waals surface area contributed by atoms with Crippen LogP contribution in [0.5, 0.6) is 0 Å². The molecule has 15 heavy (non-hydrogen) atoms. The molecule has 1 aliphatic rings. The summed E-state index contributed by atoms with van der Waals surface area (Å²) in [4.78, 5) is 19.7. The Balaban J connectivity index is 2.20. The molecule has 80 valence electrons. The summed E-state index contributed by atoms with van der Waals surface area (Å²) in [7, 11) is 0. The summed E-state index contributed by atoms with van der Waals surface area (Å²) in [5, 5.41) is 10.2. The summed E-state index contributed by atoms with van der Waals surface area (Å²) in [5.41, 5.74) is -0.934. The standard InChI is InChI=1S/C11H14N2O2/c14-10(9-8-12-6-7-13-9)11(15)4-2-1-3-5-11/h6-8,15H,1-5H2. The molecule has 4 heteroatoms. The average Bonchev–Trinajstić information content (AvgIpc) is 2.30. The third kappa shape index (κ3) is 2.04. The van der Waals surface area contributed by atoms with Crippen molar-refractivity contribution >= 4 is 5.78 Å². The molecule has 1 aromatic heterocycles. The first-order chi connectivity index (χ1) is 7.22. The van der Waals surface area contributed by atoms with E-state index >= 15 is 0 Å². The van der Waals surface area contributed by atoms with Crippen LogP contribution in [-0.2, 0) is 0 Å². The molecule has 0 spiro atoms. The zero-order valence-corrected chi connectivity index (χ0v) is 8.52. The Hall–Kier alpha value is -1.29. The first kappa shape index (κ1) is 10.2. The number of carbonyl (C=O) groups is 1. The van der Waals surface area contributed by atoms with Crippen LogP contribution < -0.4 is 0 Å². The number of aliphatic hydroxyl groups is 1. The molecule has 1 heterocycles. The van der Waals surface area contributed by atoms with Crippen LogP contribution in [-0.4, -0.2) is 26.5 Å². The quantitative estimate of drug-likeness (QED) is 0.742. The zero-order valence-electron chi connectivity index (χ0n) is 8.52. The largest absolute Gasteiger partial charge is 0.382 e. The predicted molar refractivity (Wildman–Crippen MR) is 54.4 cm³/mol. The molecule has 1 aliphatic carbocycles. The lowest BCUT2D eigenvalue weighted by Gasteiger charge is -2.29. The maximum atomic E-state index is 12.0. The molecular weight excluding hydrogens is 192 g/mol. The molecular formula is C11H14N2O2. The first-order valence-electron chi connectivity index (χ1n) is 5.26. The molecule has 0 bridgehead atoms. The van der Waals surface area contributed by atoms with Crippen LogP contribution in [0, 0.1) is 0 Å². The maximum absolute atomic E-state index is 12.0. The van der Waals surface area contributed by atoms with Gasteiger partial charge in [-0.3, -0.25) is 9.78 Å². The lowest BCUT2D eigenvalue weighted by molar-refractivity contribution is 0.0111. The van der Waals surface area contributed by atoms with E-state index in [-0.39, 0.29) is 11.5 Å². The van der Waals surface area contributed by atoms with E-state index < -0.39 is 5.60 Å². The molecule has 0 atom stereocenters. The van der Waals surface area contributed by atoms with Crippen molar-refractivity contribution in [3.63, 3.8) is 0 Å². The van der Waals surface area contributed by atoms with E-state index in [2.05, 4.69) is 9.97 Å². The number of ketones is 1. The second-order valence-electron chi connectivity index (χ2n) is 4.01. The maximum Gasteiger partial charge on any atom is 0.214 e. The van der Waals surface area contributed by atoms with Crippen LogP contribution in [0.4, 0.5) is 0 Å². The zero-order chi connectivity index (χ0) is 10.7. The topological polar surface area (TPSA) is 63.1 Å². The minimum atomic E-state index is -1.20. The van der Waals surface area contributed by atoms with Crippen LogP contribution in [0.25, 0.3) is 0 Å². The van der Waals surface area contributed by atoms with Gasteiger partial charge in [-0.2, -0.15) is 0 Å². The third-order valence-corrected chi connectivity index (χ3v) is 2.90. The van der Waals surface area contributed by atoms with Crippen molar-refractivity contribution in [2.45, 2.75) is 37.7 Å². The summed E-state index contributed by atoms with van der Waals surface area (Å²) in [6, 6.07) is 0. The Labute approximate surface area is 88.4 Å². The van der Waals surface area contributed by atoms with Crippen molar-refractivity contribution < 1.29 is 9.90 Å². The highest BCUT2D eigenvalue weighted by molar-refractivity contribution is 6.00. The van der Waals surface area contributed by atoms with Gasteiger partial charge >= 0.3 is 0 Å². The van der Waals surface area contributed by atoms with Crippen molar-refractivity contribution in [1.29, 1.82) is 0 Å². The fraction of sp³-hybridized carbons (Fsp3) is 0.545. The van der Waals surface area contributed by atoms with E-state index in [1.807, 2.05) is 0 Å². The van der Waals surface area contributed by atoms with Crippen LogP contribution in [0.2, 0.25) is 0 Å². The van der Waals surface area contributed by atoms with E-state index in [4.69, 9.17) is 0 Å². The van der Waals surface area contributed by atoms with Gasteiger partial charge in [-0.05, 0) is 12.8 Å². The van der Waals surface area contributed by atoms with Gasteiger partial charge in [-0.1, -0.05) is 19.3 Å². The van der Waals surface area contributed by atoms with Gasteiger partial charge in [-0.25, -0.2) is 4.98 Å². The minimum absolute atomic E-state index is 0.266. The monoisotopic (exact) mass is 206 g/mol. The van der Waals surface area contributed by atoms with Crippen LogP contribution in [0.1, 0.15) is 42.6 Å². The van der Waals surface area contributed by atoms with Gasteiger partial charge in [0.1, 0.15) is 11.3 Å². The van der Waals surface area contributed by atoms with Gasteiger partial charge < -0.3 is 5.11 Å². The Bertz CT molecular complexity index is 345. The smallest absolute Gasteiger partial charge is 0.214 e. The molecule has 0 aliphatic heterocycles. The lowest BCUT2D eigenvalue weighted by Crippen LogP contribution is -2.40. The number of nitrogens with zero attached hydrogens (tertiary/aromatic N) is 2. The molecule has 1 aromatic rings. The van der Waals surface area contributed by atoms with Gasteiger partial charge in [0.15, 0.2) is 0 Å². The van der Waals surface area contributed by atoms with Gasteiger partial charge in [0.25, 0.3) is 0 Å². The molecule has 0 amide bonds. The van der Waals surface area contributed by atoms with Crippen molar-refractivity contribution in [2.24, 2.45) is 0 Å². The van der Waals surface area contributed by atoms with Crippen LogP contribution >= 0.6 is 0 Å². The highest BCUT2D eigenvalue weighted by Gasteiger charge is 2.38. The Kier molecular flexibility index (Phi) is 2.77. The second-order valence-corrected chi connectivity index (χ2v) is 4.01. The number of hydrogen-bond donors (Lipinski definition) is 1. The Morgan fingerprint density at radius 2 is 2.00 bits per heavy atom. The lowest BCUT2D eigenvalue weighted by atomic mass is 9.81. The van der Waals surface area contributed by atoms with Crippen LogP contribution in [0.15, 0.2) is 18.6 Å². The first-order valence-corrected chi connectivity index (χ1v) is 5.26. The summed E-state index contributed by atoms with van der Waals surface area (Å²) >= 11 is 0. The molecule has 0 unspecified atom stereocenters. The summed E-state index contributed by atoms with van der Waals surface area (Å²) in [6.45, 7) is 0. The molecule has 4 nitrogen and oxygen atoms in total. The Morgan fingerprint density at radius 1 is 1.27 bits per heavy atom. The van der Waals surface area contributed by atoms with Crippen molar-refractivity contribution in [1.82, 2.24) is 9.97 Å².